The average molecular weight is 396 g/mol. The SMILES string of the molecule is O=C1CCC(N2Cc3cccc(CNC4C[C@H]5CNC[C@@H](C4)C5)c3C2=O)C(=O)N1. The number of nitrogens with one attached hydrogen (secondary N) is 3. The zero-order valence-electron chi connectivity index (χ0n) is 16.6. The van der Waals surface area contributed by atoms with Gasteiger partial charge in [0.1, 0.15) is 6.04 Å². The van der Waals surface area contributed by atoms with Crippen molar-refractivity contribution in [3.63, 3.8) is 0 Å². The summed E-state index contributed by atoms with van der Waals surface area (Å²) in [7, 11) is 0. The molecule has 29 heavy (non-hydrogen) atoms. The zero-order valence-corrected chi connectivity index (χ0v) is 16.6. The van der Waals surface area contributed by atoms with Crippen molar-refractivity contribution in [2.75, 3.05) is 13.1 Å². The molecule has 5 rings (SSSR count). The van der Waals surface area contributed by atoms with Gasteiger partial charge in [-0.1, -0.05) is 18.2 Å². The summed E-state index contributed by atoms with van der Waals surface area (Å²) in [6.07, 6.45) is 4.40. The number of hydrogen-bond donors (Lipinski definition) is 3. The van der Waals surface area contributed by atoms with Crippen LogP contribution in [-0.2, 0) is 22.7 Å². The summed E-state index contributed by atoms with van der Waals surface area (Å²) >= 11 is 0. The molecule has 3 N–H and O–H groups in total. The highest BCUT2D eigenvalue weighted by Gasteiger charge is 2.40. The maximum atomic E-state index is 13.2. The van der Waals surface area contributed by atoms with E-state index in [9.17, 15) is 14.4 Å². The van der Waals surface area contributed by atoms with E-state index in [1.54, 1.807) is 4.90 Å². The smallest absolute Gasteiger partial charge is 0.255 e. The summed E-state index contributed by atoms with van der Waals surface area (Å²) in [5.41, 5.74) is 2.72. The van der Waals surface area contributed by atoms with Crippen molar-refractivity contribution in [1.29, 1.82) is 0 Å². The fourth-order valence-corrected chi connectivity index (χ4v) is 5.65. The van der Waals surface area contributed by atoms with Crippen LogP contribution in [0.25, 0.3) is 0 Å². The summed E-state index contributed by atoms with van der Waals surface area (Å²) in [5, 5.41) is 9.60. The molecule has 2 unspecified atom stereocenters. The summed E-state index contributed by atoms with van der Waals surface area (Å²) < 4.78 is 0. The Morgan fingerprint density at radius 3 is 2.62 bits per heavy atom. The van der Waals surface area contributed by atoms with Gasteiger partial charge in [0.05, 0.1) is 0 Å². The van der Waals surface area contributed by atoms with E-state index in [0.717, 1.165) is 41.6 Å². The molecule has 154 valence electrons. The summed E-state index contributed by atoms with van der Waals surface area (Å²) in [6, 6.07) is 5.93. The molecule has 0 aromatic heterocycles. The van der Waals surface area contributed by atoms with Gasteiger partial charge in [0.15, 0.2) is 0 Å². The van der Waals surface area contributed by atoms with Crippen molar-refractivity contribution < 1.29 is 14.4 Å². The molecule has 2 saturated heterocycles. The van der Waals surface area contributed by atoms with Crippen LogP contribution in [0.5, 0.6) is 0 Å². The standard InChI is InChI=1S/C22H28N4O3/c27-19-5-4-18(21(28)25-19)26-12-16-3-1-2-15(20(16)22(26)29)11-24-17-7-13-6-14(8-17)10-23-9-13/h1-3,13-14,17-18,23-24H,4-12H2,(H,25,27,28)/t13-,14+,17?,18?. The maximum absolute atomic E-state index is 13.2. The Hall–Kier alpha value is -2.25. The Morgan fingerprint density at radius 2 is 1.86 bits per heavy atom. The number of nitrogens with zero attached hydrogens (tertiary/aromatic N) is 1. The average Bonchev–Trinajstić information content (AvgIpc) is 3.03. The normalized spacial score (nSPS) is 31.6. The Balaban J connectivity index is 1.29. The van der Waals surface area contributed by atoms with Gasteiger partial charge in [0, 0.05) is 31.1 Å². The van der Waals surface area contributed by atoms with Crippen molar-refractivity contribution in [2.45, 2.75) is 57.3 Å². The third-order valence-electron chi connectivity index (χ3n) is 6.99. The van der Waals surface area contributed by atoms with Crippen LogP contribution in [0, 0.1) is 11.8 Å². The molecule has 0 radical (unpaired) electrons. The maximum Gasteiger partial charge on any atom is 0.255 e. The monoisotopic (exact) mass is 396 g/mol. The Bertz CT molecular complexity index is 842. The van der Waals surface area contributed by atoms with Gasteiger partial charge in [-0.15, -0.1) is 0 Å². The minimum absolute atomic E-state index is 0.0865. The fourth-order valence-electron chi connectivity index (χ4n) is 5.65. The molecule has 1 aliphatic carbocycles. The molecule has 7 heteroatoms. The number of benzene rings is 1. The highest BCUT2D eigenvalue weighted by molar-refractivity contribution is 6.05. The van der Waals surface area contributed by atoms with Gasteiger partial charge >= 0.3 is 0 Å². The molecular weight excluding hydrogens is 368 g/mol. The molecule has 1 saturated carbocycles. The predicted octanol–water partition coefficient (Wildman–Crippen LogP) is 0.925. The van der Waals surface area contributed by atoms with Gasteiger partial charge in [0.2, 0.25) is 11.8 Å². The number of amides is 3. The van der Waals surface area contributed by atoms with E-state index >= 15 is 0 Å². The Kier molecular flexibility index (Phi) is 4.87. The van der Waals surface area contributed by atoms with Crippen LogP contribution in [0.2, 0.25) is 0 Å². The number of piperidine rings is 2. The predicted molar refractivity (Wildman–Crippen MR) is 107 cm³/mol. The van der Waals surface area contributed by atoms with Crippen molar-refractivity contribution in [2.24, 2.45) is 11.8 Å². The lowest BCUT2D eigenvalue weighted by molar-refractivity contribution is -0.136. The first-order chi connectivity index (χ1) is 14.1. The molecule has 3 amide bonds. The van der Waals surface area contributed by atoms with Crippen LogP contribution in [0.15, 0.2) is 18.2 Å². The number of rotatable bonds is 4. The van der Waals surface area contributed by atoms with Gasteiger partial charge in [-0.25, -0.2) is 0 Å². The first-order valence-corrected chi connectivity index (χ1v) is 10.8. The first-order valence-electron chi connectivity index (χ1n) is 10.8. The van der Waals surface area contributed by atoms with E-state index in [2.05, 4.69) is 16.0 Å². The molecule has 1 aromatic rings. The second-order valence-electron chi connectivity index (χ2n) is 9.03. The number of fused-ring (bicyclic) bond motifs is 3. The van der Waals surface area contributed by atoms with E-state index in [-0.39, 0.29) is 24.1 Å². The van der Waals surface area contributed by atoms with E-state index in [4.69, 9.17) is 0 Å². The molecule has 3 heterocycles. The van der Waals surface area contributed by atoms with Crippen molar-refractivity contribution in [3.8, 4) is 0 Å². The molecule has 3 aliphatic heterocycles. The number of imide groups is 1. The van der Waals surface area contributed by atoms with Crippen LogP contribution in [-0.4, -0.2) is 47.8 Å². The lowest BCUT2D eigenvalue weighted by Gasteiger charge is -2.39. The van der Waals surface area contributed by atoms with E-state index in [0.29, 0.717) is 25.6 Å². The minimum atomic E-state index is -0.557. The molecule has 4 aliphatic rings. The molecule has 1 aromatic carbocycles. The van der Waals surface area contributed by atoms with E-state index in [1.807, 2.05) is 18.2 Å². The van der Waals surface area contributed by atoms with Gasteiger partial charge in [-0.05, 0) is 61.7 Å². The quantitative estimate of drug-likeness (QED) is 0.659. The first kappa shape index (κ1) is 18.8. The Labute approximate surface area is 170 Å². The van der Waals surface area contributed by atoms with Crippen molar-refractivity contribution in [3.05, 3.63) is 34.9 Å². The molecule has 0 spiro atoms. The summed E-state index contributed by atoms with van der Waals surface area (Å²) in [4.78, 5) is 38.5. The third kappa shape index (κ3) is 3.57. The summed E-state index contributed by atoms with van der Waals surface area (Å²) in [5.74, 6) is 0.811. The fraction of sp³-hybridized carbons (Fsp3) is 0.591. The number of carbonyl (C=O) groups is 3. The topological polar surface area (TPSA) is 90.5 Å². The van der Waals surface area contributed by atoms with Crippen LogP contribution < -0.4 is 16.0 Å². The zero-order chi connectivity index (χ0) is 20.0. The molecule has 2 bridgehead atoms. The molecular formula is C22H28N4O3. The third-order valence-corrected chi connectivity index (χ3v) is 6.99. The van der Waals surface area contributed by atoms with E-state index in [1.165, 1.54) is 19.3 Å². The minimum Gasteiger partial charge on any atom is -0.322 e. The highest BCUT2D eigenvalue weighted by Crippen LogP contribution is 2.33. The second-order valence-corrected chi connectivity index (χ2v) is 9.03. The van der Waals surface area contributed by atoms with Crippen molar-refractivity contribution >= 4 is 17.7 Å². The molecule has 3 fully saturated rings. The highest BCUT2D eigenvalue weighted by atomic mass is 16.2. The molecule has 7 nitrogen and oxygen atoms in total. The van der Waals surface area contributed by atoms with Crippen molar-refractivity contribution in [1.82, 2.24) is 20.9 Å². The largest absolute Gasteiger partial charge is 0.322 e. The van der Waals surface area contributed by atoms with Crippen LogP contribution in [0.1, 0.15) is 53.6 Å². The van der Waals surface area contributed by atoms with Crippen LogP contribution in [0.3, 0.4) is 0 Å². The van der Waals surface area contributed by atoms with E-state index < -0.39 is 6.04 Å². The number of carbonyl (C=O) groups excluding carboxylic acids is 3. The lowest BCUT2D eigenvalue weighted by Crippen LogP contribution is -2.52. The van der Waals surface area contributed by atoms with Gasteiger partial charge < -0.3 is 15.5 Å². The van der Waals surface area contributed by atoms with Crippen LogP contribution >= 0.6 is 0 Å². The Morgan fingerprint density at radius 1 is 1.07 bits per heavy atom. The number of hydrogen-bond acceptors (Lipinski definition) is 5. The lowest BCUT2D eigenvalue weighted by atomic mass is 9.76. The second kappa shape index (κ2) is 7.54. The summed E-state index contributed by atoms with van der Waals surface area (Å²) in [6.45, 7) is 3.35. The van der Waals surface area contributed by atoms with Gasteiger partial charge in [-0.3, -0.25) is 19.7 Å². The molecule has 4 atom stereocenters. The van der Waals surface area contributed by atoms with Gasteiger partial charge in [0.25, 0.3) is 5.91 Å². The van der Waals surface area contributed by atoms with Crippen LogP contribution in [0.4, 0.5) is 0 Å². The van der Waals surface area contributed by atoms with Gasteiger partial charge in [-0.2, -0.15) is 0 Å².